The van der Waals surface area contributed by atoms with Crippen molar-refractivity contribution in [1.29, 1.82) is 0 Å². The van der Waals surface area contributed by atoms with Crippen LogP contribution in [0.1, 0.15) is 31.7 Å². The first-order valence-corrected chi connectivity index (χ1v) is 8.15. The summed E-state index contributed by atoms with van der Waals surface area (Å²) in [7, 11) is -3.31. The number of aryl methyl sites for hydroxylation is 1. The Balaban J connectivity index is 2.86. The molecule has 0 N–H and O–H groups in total. The van der Waals surface area contributed by atoms with E-state index in [1.54, 1.807) is 12.1 Å². The van der Waals surface area contributed by atoms with E-state index in [9.17, 15) is 8.42 Å². The first kappa shape index (κ1) is 15.7. The highest BCUT2D eigenvalue weighted by Crippen LogP contribution is 2.21. The lowest BCUT2D eigenvalue weighted by Crippen LogP contribution is -2.18. The Bertz CT molecular complexity index is 524. The van der Waals surface area contributed by atoms with Gasteiger partial charge in [-0.1, -0.05) is 42.8 Å². The van der Waals surface area contributed by atoms with E-state index in [1.165, 1.54) is 6.08 Å². The van der Waals surface area contributed by atoms with E-state index in [0.717, 1.165) is 18.4 Å². The molecule has 0 saturated heterocycles. The van der Waals surface area contributed by atoms with Gasteiger partial charge in [-0.25, -0.2) is 8.42 Å². The topological polar surface area (TPSA) is 34.1 Å². The van der Waals surface area contributed by atoms with Crippen LogP contribution >= 0.6 is 0 Å². The molecule has 0 aliphatic carbocycles. The monoisotopic (exact) mass is 278 g/mol. The zero-order valence-electron chi connectivity index (χ0n) is 11.7. The zero-order chi connectivity index (χ0) is 14.3. The normalized spacial score (nSPS) is 13.6. The van der Waals surface area contributed by atoms with E-state index in [1.807, 2.05) is 25.1 Å². The zero-order valence-corrected chi connectivity index (χ0v) is 12.5. The van der Waals surface area contributed by atoms with Gasteiger partial charge in [-0.3, -0.25) is 0 Å². The average Bonchev–Trinajstić information content (AvgIpc) is 2.39. The predicted molar refractivity (Wildman–Crippen MR) is 81.0 cm³/mol. The van der Waals surface area contributed by atoms with Crippen molar-refractivity contribution >= 4 is 9.84 Å². The molecule has 0 aliphatic heterocycles. The van der Waals surface area contributed by atoms with Gasteiger partial charge in [0.15, 0.2) is 9.84 Å². The lowest BCUT2D eigenvalue weighted by atomic mass is 10.2. The molecule has 0 radical (unpaired) electrons. The average molecular weight is 278 g/mol. The second kappa shape index (κ2) is 7.29. The molecule has 0 aromatic heterocycles. The molecule has 1 atom stereocenters. The Labute approximate surface area is 116 Å². The van der Waals surface area contributed by atoms with Gasteiger partial charge in [0.25, 0.3) is 0 Å². The summed E-state index contributed by atoms with van der Waals surface area (Å²) >= 11 is 0. The summed E-state index contributed by atoms with van der Waals surface area (Å²) in [5, 5.41) is -0.517. The molecule has 104 valence electrons. The van der Waals surface area contributed by atoms with Crippen LogP contribution in [0, 0.1) is 6.92 Å². The number of hydrogen-bond acceptors (Lipinski definition) is 2. The minimum atomic E-state index is -3.31. The molecule has 2 nitrogen and oxygen atoms in total. The van der Waals surface area contributed by atoms with Crippen LogP contribution in [0.4, 0.5) is 0 Å². The van der Waals surface area contributed by atoms with Crippen LogP contribution in [-0.2, 0) is 9.84 Å². The van der Waals surface area contributed by atoms with Crippen molar-refractivity contribution in [2.24, 2.45) is 0 Å². The van der Waals surface area contributed by atoms with Crippen LogP contribution in [0.15, 0.2) is 54.0 Å². The summed E-state index contributed by atoms with van der Waals surface area (Å²) in [6, 6.07) is 6.99. The quantitative estimate of drug-likeness (QED) is 0.705. The van der Waals surface area contributed by atoms with Gasteiger partial charge in [-0.2, -0.15) is 0 Å². The largest absolute Gasteiger partial charge is 0.223 e. The van der Waals surface area contributed by atoms with Crippen LogP contribution in [0.5, 0.6) is 0 Å². The third kappa shape index (κ3) is 4.35. The number of rotatable bonds is 7. The summed E-state index contributed by atoms with van der Waals surface area (Å²) in [4.78, 5) is 0.377. The summed E-state index contributed by atoms with van der Waals surface area (Å²) in [6.45, 7) is 7.67. The van der Waals surface area contributed by atoms with Gasteiger partial charge in [-0.05, 0) is 38.3 Å². The molecule has 0 heterocycles. The van der Waals surface area contributed by atoms with Gasteiger partial charge < -0.3 is 0 Å². The van der Waals surface area contributed by atoms with Gasteiger partial charge in [0.05, 0.1) is 10.1 Å². The Morgan fingerprint density at radius 3 is 2.37 bits per heavy atom. The molecule has 0 bridgehead atoms. The second-order valence-electron chi connectivity index (χ2n) is 4.59. The number of sulfone groups is 1. The van der Waals surface area contributed by atoms with Crippen molar-refractivity contribution in [3.63, 3.8) is 0 Å². The van der Waals surface area contributed by atoms with Gasteiger partial charge in [-0.15, -0.1) is 6.58 Å². The molecule has 0 spiro atoms. The maximum atomic E-state index is 12.4. The fraction of sp³-hybridized carbons (Fsp3) is 0.375. The van der Waals surface area contributed by atoms with Crippen molar-refractivity contribution < 1.29 is 8.42 Å². The molecule has 1 aromatic carbocycles. The fourth-order valence-electron chi connectivity index (χ4n) is 1.85. The molecule has 19 heavy (non-hydrogen) atoms. The first-order valence-electron chi connectivity index (χ1n) is 6.60. The number of benzene rings is 1. The highest BCUT2D eigenvalue weighted by molar-refractivity contribution is 7.92. The van der Waals surface area contributed by atoms with E-state index in [4.69, 9.17) is 0 Å². The van der Waals surface area contributed by atoms with E-state index in [0.29, 0.717) is 11.3 Å². The van der Waals surface area contributed by atoms with Gasteiger partial charge in [0.1, 0.15) is 0 Å². The first-order chi connectivity index (χ1) is 9.02. The maximum Gasteiger partial charge on any atom is 0.184 e. The van der Waals surface area contributed by atoms with Crippen molar-refractivity contribution in [2.45, 2.75) is 43.3 Å². The van der Waals surface area contributed by atoms with E-state index in [2.05, 4.69) is 19.6 Å². The third-order valence-corrected chi connectivity index (χ3v) is 5.19. The molecule has 0 aliphatic rings. The Kier molecular flexibility index (Phi) is 6.03. The second-order valence-corrected chi connectivity index (χ2v) is 6.76. The van der Waals surface area contributed by atoms with Gasteiger partial charge in [0, 0.05) is 0 Å². The molecule has 0 fully saturated rings. The molecule has 0 amide bonds. The van der Waals surface area contributed by atoms with E-state index >= 15 is 0 Å². The van der Waals surface area contributed by atoms with Crippen molar-refractivity contribution in [3.05, 3.63) is 54.6 Å². The van der Waals surface area contributed by atoms with E-state index < -0.39 is 15.1 Å². The molecule has 3 heteroatoms. The Morgan fingerprint density at radius 2 is 1.84 bits per heavy atom. The molecular weight excluding hydrogens is 256 g/mol. The smallest absolute Gasteiger partial charge is 0.184 e. The third-order valence-electron chi connectivity index (χ3n) is 3.03. The fourth-order valence-corrected chi connectivity index (χ4v) is 3.41. The molecular formula is C16H22O2S. The van der Waals surface area contributed by atoms with Crippen LogP contribution in [-0.4, -0.2) is 13.7 Å². The summed E-state index contributed by atoms with van der Waals surface area (Å²) in [5.41, 5.74) is 1.06. The molecule has 1 rings (SSSR count). The number of hydrogen-bond donors (Lipinski definition) is 0. The van der Waals surface area contributed by atoms with Crippen molar-refractivity contribution in [2.75, 3.05) is 0 Å². The van der Waals surface area contributed by atoms with Gasteiger partial charge >= 0.3 is 0 Å². The summed E-state index contributed by atoms with van der Waals surface area (Å²) < 4.78 is 24.9. The number of allylic oxidation sites excluding steroid dienone is 2. The SMILES string of the molecule is C=CC(CC/C=C\CC)S(=O)(=O)c1ccc(C)cc1. The van der Waals surface area contributed by atoms with Gasteiger partial charge in [0.2, 0.25) is 0 Å². The van der Waals surface area contributed by atoms with Crippen molar-refractivity contribution in [3.8, 4) is 0 Å². The lowest BCUT2D eigenvalue weighted by molar-refractivity contribution is 0.584. The standard InChI is InChI=1S/C16H22O2S/c1-4-6-7-8-9-15(5-2)19(17,18)16-12-10-14(3)11-13-16/h5-7,10-13,15H,2,4,8-9H2,1,3H3/b7-6-. The van der Waals surface area contributed by atoms with Crippen LogP contribution in [0.2, 0.25) is 0 Å². The molecule has 1 aromatic rings. The van der Waals surface area contributed by atoms with E-state index in [-0.39, 0.29) is 0 Å². The molecule has 1 unspecified atom stereocenters. The minimum absolute atomic E-state index is 0.377. The minimum Gasteiger partial charge on any atom is -0.223 e. The summed E-state index contributed by atoms with van der Waals surface area (Å²) in [6.07, 6.45) is 7.93. The van der Waals surface area contributed by atoms with Crippen LogP contribution in [0.3, 0.4) is 0 Å². The maximum absolute atomic E-state index is 12.4. The molecule has 0 saturated carbocycles. The Morgan fingerprint density at radius 1 is 1.21 bits per heavy atom. The highest BCUT2D eigenvalue weighted by atomic mass is 32.2. The Hall–Kier alpha value is -1.35. The lowest BCUT2D eigenvalue weighted by Gasteiger charge is -2.13. The predicted octanol–water partition coefficient (Wildman–Crippen LogP) is 4.07. The van der Waals surface area contributed by atoms with Crippen LogP contribution in [0.25, 0.3) is 0 Å². The summed E-state index contributed by atoms with van der Waals surface area (Å²) in [5.74, 6) is 0. The van der Waals surface area contributed by atoms with Crippen molar-refractivity contribution in [1.82, 2.24) is 0 Å². The highest BCUT2D eigenvalue weighted by Gasteiger charge is 2.23. The van der Waals surface area contributed by atoms with Crippen LogP contribution < -0.4 is 0 Å².